The fourth-order valence-electron chi connectivity index (χ4n) is 2.92. The number of carbonyl (C=O) groups excluding carboxylic acids is 1. The van der Waals surface area contributed by atoms with Gasteiger partial charge in [-0.15, -0.1) is 0 Å². The monoisotopic (exact) mass is 332 g/mol. The number of ether oxygens (including phenoxy) is 2. The van der Waals surface area contributed by atoms with Crippen molar-refractivity contribution in [1.82, 2.24) is 0 Å². The van der Waals surface area contributed by atoms with Crippen LogP contribution in [0.2, 0.25) is 0 Å². The number of hydrogen-bond donors (Lipinski definition) is 0. The second-order valence-electron chi connectivity index (χ2n) is 5.74. The Bertz CT molecular complexity index is 899. The largest absolute Gasteiger partial charge is 0.473 e. The zero-order valence-electron chi connectivity index (χ0n) is 12.5. The van der Waals surface area contributed by atoms with Crippen LogP contribution >= 0.6 is 0 Å². The number of hydrogen-bond acceptors (Lipinski definition) is 3. The summed E-state index contributed by atoms with van der Waals surface area (Å²) in [6, 6.07) is 10.7. The van der Waals surface area contributed by atoms with Crippen LogP contribution in [0.4, 0.5) is 13.2 Å². The smallest absolute Gasteiger partial charge is 0.440 e. The van der Waals surface area contributed by atoms with E-state index in [1.807, 2.05) is 0 Å². The summed E-state index contributed by atoms with van der Waals surface area (Å²) in [7, 11) is 0. The minimum Gasteiger partial charge on any atom is -0.440 e. The number of Topliss-reactive ketones (excluding diaryl/α,β-unsaturated/α-hetero) is 1. The summed E-state index contributed by atoms with van der Waals surface area (Å²) < 4.78 is 52.0. The normalized spacial score (nSPS) is 21.7. The predicted molar refractivity (Wildman–Crippen MR) is 80.0 cm³/mol. The Balaban J connectivity index is 2.00. The van der Waals surface area contributed by atoms with Crippen LogP contribution < -0.4 is 9.47 Å². The van der Waals surface area contributed by atoms with E-state index in [4.69, 9.17) is 9.47 Å². The molecule has 122 valence electrons. The third-order valence-electron chi connectivity index (χ3n) is 4.08. The predicted octanol–water partition coefficient (Wildman–Crippen LogP) is 4.30. The number of carbonyl (C=O) groups is 1. The first kappa shape index (κ1) is 14.8. The third kappa shape index (κ3) is 1.89. The molecule has 6 heteroatoms. The molecular weight excluding hydrogens is 321 g/mol. The van der Waals surface area contributed by atoms with E-state index in [1.54, 1.807) is 31.2 Å². The lowest BCUT2D eigenvalue weighted by Gasteiger charge is -2.42. The van der Waals surface area contributed by atoms with Gasteiger partial charge in [0.1, 0.15) is 11.5 Å². The van der Waals surface area contributed by atoms with Crippen LogP contribution in [0, 0.1) is 6.92 Å². The van der Waals surface area contributed by atoms with Crippen molar-refractivity contribution in [3.05, 3.63) is 64.7 Å². The second kappa shape index (κ2) is 4.63. The van der Waals surface area contributed by atoms with Crippen LogP contribution in [-0.2, 0) is 0 Å². The van der Waals surface area contributed by atoms with E-state index in [2.05, 4.69) is 0 Å². The van der Waals surface area contributed by atoms with Gasteiger partial charge in [-0.3, -0.25) is 4.79 Å². The highest BCUT2D eigenvalue weighted by Gasteiger charge is 2.68. The molecule has 24 heavy (non-hydrogen) atoms. The molecule has 4 rings (SSSR count). The van der Waals surface area contributed by atoms with Gasteiger partial charge in [0.05, 0.1) is 11.1 Å². The van der Waals surface area contributed by atoms with Crippen molar-refractivity contribution in [3.63, 3.8) is 0 Å². The molecule has 0 amide bonds. The second-order valence-corrected chi connectivity index (χ2v) is 5.74. The summed E-state index contributed by atoms with van der Waals surface area (Å²) in [5.41, 5.74) is 0.694. The Labute approximate surface area is 135 Å². The van der Waals surface area contributed by atoms with Crippen molar-refractivity contribution < 1.29 is 27.4 Å². The Morgan fingerprint density at radius 2 is 1.71 bits per heavy atom. The number of aryl methyl sites for hydroxylation is 1. The van der Waals surface area contributed by atoms with Crippen molar-refractivity contribution in [2.75, 3.05) is 0 Å². The minimum atomic E-state index is -4.93. The molecule has 0 aliphatic carbocycles. The average Bonchev–Trinajstić information content (AvgIpc) is 2.53. The highest BCUT2D eigenvalue weighted by molar-refractivity contribution is 6.15. The summed E-state index contributed by atoms with van der Waals surface area (Å²) >= 11 is 0. The molecular formula is C18H11F3O3. The summed E-state index contributed by atoms with van der Waals surface area (Å²) in [5, 5.41) is 0. The van der Waals surface area contributed by atoms with Gasteiger partial charge >= 0.3 is 12.0 Å². The zero-order chi connectivity index (χ0) is 17.1. The van der Waals surface area contributed by atoms with Gasteiger partial charge in [-0.1, -0.05) is 29.8 Å². The average molecular weight is 332 g/mol. The lowest BCUT2D eigenvalue weighted by Crippen LogP contribution is -2.60. The highest BCUT2D eigenvalue weighted by Crippen LogP contribution is 2.50. The van der Waals surface area contributed by atoms with E-state index in [1.165, 1.54) is 24.3 Å². The maximum absolute atomic E-state index is 13.9. The molecule has 1 unspecified atom stereocenters. The SMILES string of the molecule is Cc1ccc2c(c1)C(=O)C1=Cc3ccccc3OC1(C(F)(F)F)O2. The molecule has 0 radical (unpaired) electrons. The number of halogens is 3. The maximum atomic E-state index is 13.9. The van der Waals surface area contributed by atoms with Crippen molar-refractivity contribution >= 4 is 11.9 Å². The Kier molecular flexibility index (Phi) is 2.85. The van der Waals surface area contributed by atoms with Crippen molar-refractivity contribution in [2.45, 2.75) is 18.9 Å². The lowest BCUT2D eigenvalue weighted by molar-refractivity contribution is -0.303. The molecule has 2 aliphatic rings. The number of benzene rings is 2. The van der Waals surface area contributed by atoms with Gasteiger partial charge in [0.2, 0.25) is 5.78 Å². The van der Waals surface area contributed by atoms with Crippen LogP contribution in [0.15, 0.2) is 48.0 Å². The molecule has 0 saturated heterocycles. The van der Waals surface area contributed by atoms with Crippen LogP contribution in [0.1, 0.15) is 21.5 Å². The highest BCUT2D eigenvalue weighted by atomic mass is 19.4. The third-order valence-corrected chi connectivity index (χ3v) is 4.08. The Hall–Kier alpha value is -2.76. The van der Waals surface area contributed by atoms with Crippen LogP contribution in [0.5, 0.6) is 11.5 Å². The van der Waals surface area contributed by atoms with Crippen LogP contribution in [0.3, 0.4) is 0 Å². The molecule has 2 aromatic carbocycles. The number of ketones is 1. The Morgan fingerprint density at radius 1 is 1.00 bits per heavy atom. The van der Waals surface area contributed by atoms with Gasteiger partial charge in [-0.2, -0.15) is 13.2 Å². The molecule has 0 bridgehead atoms. The van der Waals surface area contributed by atoms with Gasteiger partial charge < -0.3 is 9.47 Å². The minimum absolute atomic E-state index is 0.0157. The lowest BCUT2D eigenvalue weighted by atomic mass is 9.87. The van der Waals surface area contributed by atoms with E-state index in [9.17, 15) is 18.0 Å². The van der Waals surface area contributed by atoms with Crippen LogP contribution in [0.25, 0.3) is 6.08 Å². The van der Waals surface area contributed by atoms with E-state index in [0.29, 0.717) is 5.56 Å². The van der Waals surface area contributed by atoms with E-state index >= 15 is 0 Å². The topological polar surface area (TPSA) is 35.5 Å². The van der Waals surface area contributed by atoms with E-state index in [0.717, 1.165) is 5.56 Å². The molecule has 0 aromatic heterocycles. The Morgan fingerprint density at radius 3 is 2.46 bits per heavy atom. The molecule has 0 saturated carbocycles. The van der Waals surface area contributed by atoms with Gasteiger partial charge in [0.15, 0.2) is 0 Å². The first-order valence-electron chi connectivity index (χ1n) is 7.23. The maximum Gasteiger partial charge on any atom is 0.473 e. The molecule has 2 aromatic rings. The first-order chi connectivity index (χ1) is 11.3. The first-order valence-corrected chi connectivity index (χ1v) is 7.23. The molecule has 0 N–H and O–H groups in total. The molecule has 0 fully saturated rings. The van der Waals surface area contributed by atoms with Gasteiger partial charge in [-0.05, 0) is 31.2 Å². The summed E-state index contributed by atoms with van der Waals surface area (Å²) in [6.45, 7) is 1.75. The number of alkyl halides is 3. The van der Waals surface area contributed by atoms with E-state index in [-0.39, 0.29) is 17.1 Å². The van der Waals surface area contributed by atoms with Gasteiger partial charge in [0, 0.05) is 5.56 Å². The standard InChI is InChI=1S/C18H11F3O3/c1-10-6-7-15-12(8-10)16(22)13-9-11-4-2-3-5-14(11)23-17(13,24-15)18(19,20)21/h2-9H,1H3. The summed E-state index contributed by atoms with van der Waals surface area (Å²) in [5.74, 6) is -3.99. The number of fused-ring (bicyclic) bond motifs is 3. The van der Waals surface area contributed by atoms with Crippen molar-refractivity contribution in [2.24, 2.45) is 0 Å². The van der Waals surface area contributed by atoms with Gasteiger partial charge in [0.25, 0.3) is 0 Å². The van der Waals surface area contributed by atoms with Crippen LogP contribution in [-0.4, -0.2) is 17.7 Å². The fourth-order valence-corrected chi connectivity index (χ4v) is 2.92. The number of rotatable bonds is 0. The van der Waals surface area contributed by atoms with Crippen molar-refractivity contribution in [3.8, 4) is 11.5 Å². The fraction of sp³-hybridized carbons (Fsp3) is 0.167. The molecule has 1 atom stereocenters. The van der Waals surface area contributed by atoms with Crippen molar-refractivity contribution in [1.29, 1.82) is 0 Å². The molecule has 2 aliphatic heterocycles. The van der Waals surface area contributed by atoms with E-state index < -0.39 is 23.3 Å². The quantitative estimate of drug-likeness (QED) is 0.721. The number of para-hydroxylation sites is 1. The summed E-state index contributed by atoms with van der Waals surface area (Å²) in [6.07, 6.45) is -3.73. The van der Waals surface area contributed by atoms with Gasteiger partial charge in [-0.25, -0.2) is 0 Å². The summed E-state index contributed by atoms with van der Waals surface area (Å²) in [4.78, 5) is 12.7. The molecule has 0 spiro atoms. The zero-order valence-corrected chi connectivity index (χ0v) is 12.5. The molecule has 2 heterocycles. The molecule has 3 nitrogen and oxygen atoms in total.